The van der Waals surface area contributed by atoms with Crippen LogP contribution >= 0.6 is 23.2 Å². The average Bonchev–Trinajstić information content (AvgIpc) is 2.21. The Morgan fingerprint density at radius 3 is 2.53 bits per heavy atom. The van der Waals surface area contributed by atoms with Gasteiger partial charge in [0.15, 0.2) is 0 Å². The van der Waals surface area contributed by atoms with Crippen LogP contribution in [0.4, 0.5) is 4.39 Å². The maximum absolute atomic E-state index is 13.1. The SMILES string of the molecule is CON(C)C(=O)c1cc(F)c(Cl)cc1Cl. The molecule has 1 amide bonds. The van der Waals surface area contributed by atoms with E-state index >= 15 is 0 Å². The molecule has 0 aliphatic heterocycles. The van der Waals surface area contributed by atoms with Crippen molar-refractivity contribution in [2.75, 3.05) is 14.2 Å². The van der Waals surface area contributed by atoms with Crippen LogP contribution in [0.2, 0.25) is 10.0 Å². The molecule has 0 radical (unpaired) electrons. The lowest BCUT2D eigenvalue weighted by Crippen LogP contribution is -2.25. The molecule has 0 bridgehead atoms. The van der Waals surface area contributed by atoms with Gasteiger partial charge in [-0.05, 0) is 12.1 Å². The van der Waals surface area contributed by atoms with Gasteiger partial charge in [0.25, 0.3) is 5.91 Å². The highest BCUT2D eigenvalue weighted by Crippen LogP contribution is 2.25. The normalized spacial score (nSPS) is 10.2. The lowest BCUT2D eigenvalue weighted by atomic mass is 10.2. The first-order chi connectivity index (χ1) is 6.97. The number of carbonyl (C=O) groups excluding carboxylic acids is 1. The highest BCUT2D eigenvalue weighted by molar-refractivity contribution is 6.36. The molecule has 0 atom stereocenters. The summed E-state index contributed by atoms with van der Waals surface area (Å²) in [7, 11) is 2.71. The predicted octanol–water partition coefficient (Wildman–Crippen LogP) is 2.77. The lowest BCUT2D eigenvalue weighted by molar-refractivity contribution is -0.0757. The van der Waals surface area contributed by atoms with Gasteiger partial charge in [0.2, 0.25) is 0 Å². The zero-order chi connectivity index (χ0) is 11.6. The van der Waals surface area contributed by atoms with Crippen LogP contribution < -0.4 is 0 Å². The van der Waals surface area contributed by atoms with Crippen molar-refractivity contribution in [2.24, 2.45) is 0 Å². The van der Waals surface area contributed by atoms with Crippen LogP contribution in [0.1, 0.15) is 10.4 Å². The van der Waals surface area contributed by atoms with Gasteiger partial charge < -0.3 is 0 Å². The van der Waals surface area contributed by atoms with Crippen LogP contribution in [-0.4, -0.2) is 25.1 Å². The molecule has 1 aromatic carbocycles. The Hall–Kier alpha value is -0.840. The molecular formula is C9H8Cl2FNO2. The van der Waals surface area contributed by atoms with E-state index in [4.69, 9.17) is 23.2 Å². The third-order valence-corrected chi connectivity index (χ3v) is 2.40. The molecule has 0 aliphatic rings. The van der Waals surface area contributed by atoms with Crippen molar-refractivity contribution in [1.29, 1.82) is 0 Å². The molecule has 0 spiro atoms. The largest absolute Gasteiger partial charge is 0.278 e. The predicted molar refractivity (Wildman–Crippen MR) is 55.5 cm³/mol. The molecule has 0 saturated heterocycles. The number of hydroxylamine groups is 2. The van der Waals surface area contributed by atoms with E-state index in [0.29, 0.717) is 0 Å². The van der Waals surface area contributed by atoms with Crippen molar-refractivity contribution in [3.63, 3.8) is 0 Å². The minimum atomic E-state index is -0.700. The Labute approximate surface area is 96.3 Å². The van der Waals surface area contributed by atoms with Crippen molar-refractivity contribution in [1.82, 2.24) is 5.06 Å². The second kappa shape index (κ2) is 4.79. The molecule has 3 nitrogen and oxygen atoms in total. The minimum absolute atomic E-state index is 0.00270. The second-order valence-electron chi connectivity index (χ2n) is 2.73. The number of nitrogens with zero attached hydrogens (tertiary/aromatic N) is 1. The Kier molecular flexibility index (Phi) is 3.90. The molecule has 15 heavy (non-hydrogen) atoms. The Morgan fingerprint density at radius 2 is 2.00 bits per heavy atom. The van der Waals surface area contributed by atoms with Crippen LogP contribution in [0.15, 0.2) is 12.1 Å². The molecular weight excluding hydrogens is 244 g/mol. The topological polar surface area (TPSA) is 29.5 Å². The van der Waals surface area contributed by atoms with Crippen molar-refractivity contribution in [3.8, 4) is 0 Å². The van der Waals surface area contributed by atoms with Crippen LogP contribution in [0.25, 0.3) is 0 Å². The van der Waals surface area contributed by atoms with Gasteiger partial charge in [0.05, 0.1) is 22.7 Å². The molecule has 0 heterocycles. The fraction of sp³-hybridized carbons (Fsp3) is 0.222. The van der Waals surface area contributed by atoms with Gasteiger partial charge in [-0.25, -0.2) is 9.45 Å². The molecule has 6 heteroatoms. The standard InChI is InChI=1S/C9H8Cl2FNO2/c1-13(15-2)9(14)5-3-8(12)7(11)4-6(5)10/h3-4H,1-2H3. The zero-order valence-electron chi connectivity index (χ0n) is 8.05. The summed E-state index contributed by atoms with van der Waals surface area (Å²) in [5.41, 5.74) is 0.00270. The van der Waals surface area contributed by atoms with Crippen LogP contribution in [0.5, 0.6) is 0 Å². The first kappa shape index (κ1) is 12.2. The third-order valence-electron chi connectivity index (χ3n) is 1.80. The summed E-state index contributed by atoms with van der Waals surface area (Å²) >= 11 is 11.2. The molecule has 0 aliphatic carbocycles. The van der Waals surface area contributed by atoms with Gasteiger partial charge in [-0.2, -0.15) is 0 Å². The molecule has 82 valence electrons. The van der Waals surface area contributed by atoms with Crippen LogP contribution in [-0.2, 0) is 4.84 Å². The fourth-order valence-electron chi connectivity index (χ4n) is 0.939. The molecule has 0 unspecified atom stereocenters. The maximum Gasteiger partial charge on any atom is 0.278 e. The smallest absolute Gasteiger partial charge is 0.274 e. The zero-order valence-corrected chi connectivity index (χ0v) is 9.56. The fourth-order valence-corrected chi connectivity index (χ4v) is 1.40. The number of hydrogen-bond acceptors (Lipinski definition) is 2. The van der Waals surface area contributed by atoms with E-state index in [1.54, 1.807) is 0 Å². The van der Waals surface area contributed by atoms with Crippen molar-refractivity contribution in [3.05, 3.63) is 33.6 Å². The van der Waals surface area contributed by atoms with Crippen LogP contribution in [0, 0.1) is 5.82 Å². The maximum atomic E-state index is 13.1. The van der Waals surface area contributed by atoms with E-state index in [0.717, 1.165) is 11.1 Å². The monoisotopic (exact) mass is 251 g/mol. The lowest BCUT2D eigenvalue weighted by Gasteiger charge is -2.14. The molecule has 0 N–H and O–H groups in total. The number of benzene rings is 1. The number of halogens is 3. The average molecular weight is 252 g/mol. The first-order valence-electron chi connectivity index (χ1n) is 3.94. The first-order valence-corrected chi connectivity index (χ1v) is 4.69. The quantitative estimate of drug-likeness (QED) is 0.598. The van der Waals surface area contributed by atoms with Gasteiger partial charge >= 0.3 is 0 Å². The molecule has 0 aromatic heterocycles. The van der Waals surface area contributed by atoms with E-state index in [-0.39, 0.29) is 15.6 Å². The summed E-state index contributed by atoms with van der Waals surface area (Å²) in [6.45, 7) is 0. The van der Waals surface area contributed by atoms with Gasteiger partial charge in [0, 0.05) is 7.05 Å². The summed E-state index contributed by atoms with van der Waals surface area (Å²) in [5, 5.41) is 0.890. The summed E-state index contributed by atoms with van der Waals surface area (Å²) in [5.74, 6) is -1.24. The van der Waals surface area contributed by atoms with E-state index in [9.17, 15) is 9.18 Å². The third kappa shape index (κ3) is 2.59. The number of hydrogen-bond donors (Lipinski definition) is 0. The van der Waals surface area contributed by atoms with Gasteiger partial charge in [-0.15, -0.1) is 0 Å². The van der Waals surface area contributed by atoms with E-state index in [2.05, 4.69) is 4.84 Å². The highest BCUT2D eigenvalue weighted by atomic mass is 35.5. The summed E-state index contributed by atoms with van der Waals surface area (Å²) in [4.78, 5) is 16.2. The number of carbonyl (C=O) groups is 1. The Balaban J connectivity index is 3.15. The number of amides is 1. The van der Waals surface area contributed by atoms with Gasteiger partial charge in [-0.1, -0.05) is 23.2 Å². The van der Waals surface area contributed by atoms with Crippen molar-refractivity contribution < 1.29 is 14.0 Å². The number of rotatable bonds is 2. The highest BCUT2D eigenvalue weighted by Gasteiger charge is 2.17. The van der Waals surface area contributed by atoms with Gasteiger partial charge in [0.1, 0.15) is 5.82 Å². The molecule has 0 saturated carbocycles. The van der Waals surface area contributed by atoms with E-state index in [1.807, 2.05) is 0 Å². The molecule has 1 aromatic rings. The molecule has 0 fully saturated rings. The Bertz CT molecular complexity index is 398. The van der Waals surface area contributed by atoms with Crippen molar-refractivity contribution in [2.45, 2.75) is 0 Å². The summed E-state index contributed by atoms with van der Waals surface area (Å²) in [6.07, 6.45) is 0. The molecule has 1 rings (SSSR count). The Morgan fingerprint density at radius 1 is 1.40 bits per heavy atom. The van der Waals surface area contributed by atoms with Crippen molar-refractivity contribution >= 4 is 29.1 Å². The summed E-state index contributed by atoms with van der Waals surface area (Å²) in [6, 6.07) is 2.15. The second-order valence-corrected chi connectivity index (χ2v) is 3.55. The van der Waals surface area contributed by atoms with Gasteiger partial charge in [-0.3, -0.25) is 9.63 Å². The van der Waals surface area contributed by atoms with Crippen LogP contribution in [0.3, 0.4) is 0 Å². The van der Waals surface area contributed by atoms with E-state index in [1.165, 1.54) is 20.2 Å². The van der Waals surface area contributed by atoms with E-state index < -0.39 is 11.7 Å². The minimum Gasteiger partial charge on any atom is -0.274 e. The summed E-state index contributed by atoms with van der Waals surface area (Å²) < 4.78 is 13.1.